The number of nitrogens with zero attached hydrogens (tertiary/aromatic N) is 2. The van der Waals surface area contributed by atoms with Crippen LogP contribution in [0.1, 0.15) is 76.0 Å². The van der Waals surface area contributed by atoms with Crippen molar-refractivity contribution in [3.05, 3.63) is 259 Å². The number of anilines is 6. The van der Waals surface area contributed by atoms with Gasteiger partial charge in [-0.1, -0.05) is 241 Å². The van der Waals surface area contributed by atoms with Crippen LogP contribution in [0.15, 0.2) is 243 Å². The van der Waals surface area contributed by atoms with E-state index in [1.54, 1.807) is 0 Å². The summed E-state index contributed by atoms with van der Waals surface area (Å²) in [7, 11) is -5.50. The van der Waals surface area contributed by atoms with E-state index in [1.165, 1.54) is 120 Å². The lowest BCUT2D eigenvalue weighted by Crippen LogP contribution is -2.75. The van der Waals surface area contributed by atoms with Gasteiger partial charge in [0.15, 0.2) is 16.1 Å². The number of rotatable bonds is 6. The van der Waals surface area contributed by atoms with E-state index in [9.17, 15) is 0 Å². The van der Waals surface area contributed by atoms with Crippen LogP contribution < -0.4 is 72.4 Å². The number of hydrogen-bond donors (Lipinski definition) is 0. The van der Waals surface area contributed by atoms with Crippen molar-refractivity contribution in [2.45, 2.75) is 59.3 Å². The molecule has 5 heterocycles. The molecular formula is C75H61BN2OSi2. The molecule has 0 fully saturated rings. The van der Waals surface area contributed by atoms with Crippen LogP contribution in [0.25, 0.3) is 22.3 Å². The van der Waals surface area contributed by atoms with Gasteiger partial charge in [-0.15, -0.1) is 0 Å². The molecule has 388 valence electrons. The molecule has 5 aliphatic rings. The van der Waals surface area contributed by atoms with Crippen LogP contribution in [-0.2, 0) is 0 Å². The number of fused-ring (bicyclic) bond motifs is 20. The van der Waals surface area contributed by atoms with E-state index < -0.39 is 16.1 Å². The first-order valence-corrected chi connectivity index (χ1v) is 33.2. The average Bonchev–Trinajstić information content (AvgIpc) is 3.89. The van der Waals surface area contributed by atoms with Crippen molar-refractivity contribution >= 4 is 115 Å². The SMILES string of the molecule is CC(C)c1cc(C(C)C)c(B2c3ccc(N4c5ccccc5[Si]5(c6ccccc6-c6ccccc65)c5ccccc54)cc3Oc3cc(N4c5ccccc5[Si]5(c6ccccc6-c6ccccc65)c5ccccc54)ccc32)c(C(C)C)c1. The Morgan fingerprint density at radius 2 is 0.617 bits per heavy atom. The van der Waals surface area contributed by atoms with Crippen LogP contribution >= 0.6 is 0 Å². The van der Waals surface area contributed by atoms with Crippen molar-refractivity contribution in [2.75, 3.05) is 9.80 Å². The molecule has 0 bridgehead atoms. The molecule has 0 saturated carbocycles. The summed E-state index contributed by atoms with van der Waals surface area (Å²) in [5, 5.41) is 11.5. The van der Waals surface area contributed by atoms with Crippen LogP contribution in [0.2, 0.25) is 0 Å². The molecule has 0 saturated heterocycles. The third-order valence-corrected chi connectivity index (χ3v) is 28.8. The molecular weight excluding hydrogens is 1010 g/mol. The van der Waals surface area contributed by atoms with Gasteiger partial charge in [0, 0.05) is 46.3 Å². The van der Waals surface area contributed by atoms with Gasteiger partial charge in [-0.3, -0.25) is 0 Å². The molecule has 6 heteroatoms. The molecule has 11 aromatic carbocycles. The van der Waals surface area contributed by atoms with Crippen LogP contribution in [0.4, 0.5) is 34.1 Å². The largest absolute Gasteiger partial charge is 0.458 e. The maximum absolute atomic E-state index is 7.64. The number of ether oxygens (including phenoxy) is 1. The van der Waals surface area contributed by atoms with Gasteiger partial charge in [0.1, 0.15) is 11.5 Å². The van der Waals surface area contributed by atoms with E-state index in [2.05, 4.69) is 294 Å². The van der Waals surface area contributed by atoms with Gasteiger partial charge >= 0.3 is 0 Å². The normalized spacial score (nSPS) is 14.9. The zero-order chi connectivity index (χ0) is 54.5. The maximum Gasteiger partial charge on any atom is 0.251 e. The first-order chi connectivity index (χ1) is 39.7. The Morgan fingerprint density at radius 3 is 0.926 bits per heavy atom. The van der Waals surface area contributed by atoms with Crippen molar-refractivity contribution in [2.24, 2.45) is 0 Å². The van der Waals surface area contributed by atoms with Crippen molar-refractivity contribution in [3.63, 3.8) is 0 Å². The highest BCUT2D eigenvalue weighted by atomic mass is 28.3. The Labute approximate surface area is 478 Å². The van der Waals surface area contributed by atoms with Gasteiger partial charge in [0.05, 0.1) is 0 Å². The molecule has 11 aromatic rings. The number of para-hydroxylation sites is 4. The Hall–Kier alpha value is -8.68. The summed E-state index contributed by atoms with van der Waals surface area (Å²) in [6.45, 7) is 14.1. The minimum absolute atomic E-state index is 0.0749. The van der Waals surface area contributed by atoms with Crippen molar-refractivity contribution in [3.8, 4) is 33.8 Å². The quantitative estimate of drug-likeness (QED) is 0.154. The zero-order valence-corrected chi connectivity index (χ0v) is 48.7. The second kappa shape index (κ2) is 17.9. The van der Waals surface area contributed by atoms with Crippen LogP contribution in [0, 0.1) is 0 Å². The second-order valence-corrected chi connectivity index (χ2v) is 31.3. The predicted molar refractivity (Wildman–Crippen MR) is 348 cm³/mol. The summed E-state index contributed by atoms with van der Waals surface area (Å²) in [5.41, 5.74) is 20.6. The number of hydrogen-bond acceptors (Lipinski definition) is 3. The van der Waals surface area contributed by atoms with Crippen LogP contribution in [0.5, 0.6) is 11.5 Å². The van der Waals surface area contributed by atoms with E-state index in [1.807, 2.05) is 0 Å². The lowest BCUT2D eigenvalue weighted by Gasteiger charge is -2.44. The molecule has 3 nitrogen and oxygen atoms in total. The fourth-order valence-electron chi connectivity index (χ4n) is 15.6. The van der Waals surface area contributed by atoms with E-state index in [-0.39, 0.29) is 6.71 Å². The molecule has 0 aliphatic carbocycles. The molecule has 0 aromatic heterocycles. The minimum Gasteiger partial charge on any atom is -0.458 e. The van der Waals surface area contributed by atoms with Crippen molar-refractivity contribution < 1.29 is 4.74 Å². The van der Waals surface area contributed by atoms with Gasteiger partial charge in [-0.05, 0) is 146 Å². The van der Waals surface area contributed by atoms with E-state index in [0.29, 0.717) is 17.8 Å². The molecule has 0 amide bonds. The summed E-state index contributed by atoms with van der Waals surface area (Å²) in [4.78, 5) is 5.07. The van der Waals surface area contributed by atoms with Gasteiger partial charge in [0.25, 0.3) is 6.71 Å². The highest BCUT2D eigenvalue weighted by molar-refractivity contribution is 7.24. The number of benzene rings is 11. The average molecular weight is 1070 g/mol. The van der Waals surface area contributed by atoms with E-state index >= 15 is 0 Å². The van der Waals surface area contributed by atoms with Crippen LogP contribution in [-0.4, -0.2) is 22.9 Å². The van der Waals surface area contributed by atoms with Crippen molar-refractivity contribution in [1.29, 1.82) is 0 Å². The summed E-state index contributed by atoms with van der Waals surface area (Å²) >= 11 is 0. The summed E-state index contributed by atoms with van der Waals surface area (Å²) in [5.74, 6) is 2.80. The molecule has 0 N–H and O–H groups in total. The second-order valence-electron chi connectivity index (χ2n) is 24.0. The standard InChI is InChI=1S/C75H61BN2OSi2/c1-47(2)50-43-57(48(3)4)75(58(44-50)49(5)6)76-59-41-39-51(77-61-27-11-19-35-71(61)80(72-36-20-12-28-62(72)77)67-31-15-7-23-53(67)54-24-8-16-32-68(54)80)45-65(59)79-66-46-52(40-42-60(66)76)78-63-29-13-21-37-73(63)81(74-38-22-14-30-64(74)78)69-33-17-9-25-55(69)56-26-10-18-34-70(56)81/h7-49H,1-6H3. The van der Waals surface area contributed by atoms with Gasteiger partial charge < -0.3 is 14.5 Å². The third-order valence-electron chi connectivity index (χ3n) is 18.9. The first-order valence-electron chi connectivity index (χ1n) is 29.2. The maximum atomic E-state index is 7.64. The molecule has 2 spiro atoms. The molecule has 0 radical (unpaired) electrons. The fraction of sp³-hybridized carbons (Fsp3) is 0.120. The summed E-state index contributed by atoms with van der Waals surface area (Å²) in [6, 6.07) is 93.3. The lowest BCUT2D eigenvalue weighted by molar-refractivity contribution is 0.488. The Balaban J connectivity index is 0.911. The van der Waals surface area contributed by atoms with E-state index in [4.69, 9.17) is 4.74 Å². The smallest absolute Gasteiger partial charge is 0.251 e. The zero-order valence-electron chi connectivity index (χ0n) is 46.7. The molecule has 81 heavy (non-hydrogen) atoms. The topological polar surface area (TPSA) is 15.7 Å². The highest BCUT2D eigenvalue weighted by Crippen LogP contribution is 2.46. The molecule has 5 aliphatic heterocycles. The molecule has 0 atom stereocenters. The lowest BCUT2D eigenvalue weighted by atomic mass is 9.34. The molecule has 0 unspecified atom stereocenters. The Morgan fingerprint density at radius 1 is 0.321 bits per heavy atom. The summed E-state index contributed by atoms with van der Waals surface area (Å²) < 4.78 is 7.64. The monoisotopic (exact) mass is 1070 g/mol. The van der Waals surface area contributed by atoms with Gasteiger partial charge in [-0.25, -0.2) is 0 Å². The van der Waals surface area contributed by atoms with Crippen LogP contribution in [0.3, 0.4) is 0 Å². The van der Waals surface area contributed by atoms with E-state index in [0.717, 1.165) is 22.9 Å². The van der Waals surface area contributed by atoms with Crippen molar-refractivity contribution in [1.82, 2.24) is 0 Å². The van der Waals surface area contributed by atoms with Gasteiger partial charge in [-0.2, -0.15) is 0 Å². The Bertz CT molecular complexity index is 3980. The summed E-state index contributed by atoms with van der Waals surface area (Å²) in [6.07, 6.45) is 0. The minimum atomic E-state index is -2.75. The fourth-order valence-corrected chi connectivity index (χ4v) is 26.7. The Kier molecular flexibility index (Phi) is 10.7. The molecule has 16 rings (SSSR count). The predicted octanol–water partition coefficient (Wildman–Crippen LogP) is 12.0. The third kappa shape index (κ3) is 6.52. The highest BCUT2D eigenvalue weighted by Gasteiger charge is 2.56. The van der Waals surface area contributed by atoms with Gasteiger partial charge in [0.2, 0.25) is 0 Å². The first kappa shape index (κ1) is 48.2.